The number of alkyl halides is 4. The number of hydrogen-bond acceptors (Lipinski definition) is 12. The van der Waals surface area contributed by atoms with Crippen LogP contribution in [0.1, 0.15) is 11.4 Å². The van der Waals surface area contributed by atoms with Crippen molar-refractivity contribution in [2.75, 3.05) is 28.4 Å². The van der Waals surface area contributed by atoms with Crippen LogP contribution in [0.4, 0.5) is 17.6 Å². The van der Waals surface area contributed by atoms with Gasteiger partial charge < -0.3 is 49.3 Å². The molecule has 0 aliphatic carbocycles. The van der Waals surface area contributed by atoms with Crippen molar-refractivity contribution in [1.82, 2.24) is 29.9 Å². The number of H-pyrrole nitrogens is 2. The van der Waals surface area contributed by atoms with Gasteiger partial charge in [0.2, 0.25) is 0 Å². The van der Waals surface area contributed by atoms with Crippen LogP contribution in [-0.2, 0) is 33.1 Å². The van der Waals surface area contributed by atoms with Gasteiger partial charge in [-0.3, -0.25) is 18.4 Å². The van der Waals surface area contributed by atoms with E-state index in [2.05, 4.69) is 39.4 Å². The number of nitrogens with zero attached hydrogens (tertiary/aromatic N) is 4. The minimum atomic E-state index is -2.92. The Kier molecular flexibility index (Phi) is 18.0. The van der Waals surface area contributed by atoms with Crippen LogP contribution in [-0.4, -0.2) is 114 Å². The third kappa shape index (κ3) is 11.6. The van der Waals surface area contributed by atoms with Crippen molar-refractivity contribution in [3.8, 4) is 34.5 Å². The number of halogens is 4. The van der Waals surface area contributed by atoms with Crippen molar-refractivity contribution in [2.45, 2.75) is 35.0 Å². The molecule has 2 aromatic carbocycles. The minimum Gasteiger partial charge on any atom is -0.493 e. The van der Waals surface area contributed by atoms with Crippen LogP contribution >= 0.6 is 0 Å². The van der Waals surface area contributed by atoms with Gasteiger partial charge >= 0.3 is 36.3 Å². The van der Waals surface area contributed by atoms with Crippen LogP contribution in [0.15, 0.2) is 71.2 Å². The molecular weight excluding hydrogens is 793 g/mol. The van der Waals surface area contributed by atoms with Crippen molar-refractivity contribution in [1.29, 1.82) is 0 Å². The van der Waals surface area contributed by atoms with Gasteiger partial charge in [0.1, 0.15) is 11.5 Å². The Balaban J connectivity index is 0.000000360. The predicted molar refractivity (Wildman–Crippen MR) is 193 cm³/mol. The number of ether oxygens (including phenoxy) is 6. The van der Waals surface area contributed by atoms with Gasteiger partial charge in [0.25, 0.3) is 0 Å². The molecule has 6 aromatic rings. The molecule has 23 heteroatoms. The number of aromatic amines is 2. The number of fused-ring (bicyclic) bond motifs is 2. The summed E-state index contributed by atoms with van der Waals surface area (Å²) in [5, 5.41) is 0.390. The van der Waals surface area contributed by atoms with Gasteiger partial charge in [0.15, 0.2) is 33.3 Å². The second kappa shape index (κ2) is 21.3. The van der Waals surface area contributed by atoms with Crippen molar-refractivity contribution < 1.29 is 65.4 Å². The van der Waals surface area contributed by atoms with E-state index < -0.39 is 34.8 Å². The number of pyridine rings is 2. The van der Waals surface area contributed by atoms with Gasteiger partial charge in [0.05, 0.1) is 95.0 Å². The zero-order valence-corrected chi connectivity index (χ0v) is 32.5. The molecule has 2 atom stereocenters. The molecule has 292 valence electrons. The van der Waals surface area contributed by atoms with Gasteiger partial charge in [-0.2, -0.15) is 17.6 Å². The second-order valence-electron chi connectivity index (χ2n) is 10.2. The fourth-order valence-electron chi connectivity index (χ4n) is 4.79. The van der Waals surface area contributed by atoms with Gasteiger partial charge in [-0.15, -0.1) is 0 Å². The third-order valence-electron chi connectivity index (χ3n) is 7.01. The summed E-state index contributed by atoms with van der Waals surface area (Å²) in [5.41, 5.74) is 2.76. The molecule has 0 radical (unpaired) electrons. The number of rotatable bonds is 14. The molecule has 0 bridgehead atoms. The molecule has 0 aliphatic heterocycles. The average Bonchev–Trinajstić information content (AvgIpc) is 3.75. The first-order chi connectivity index (χ1) is 25.0. The standard InChI is InChI=1S/2C16H15F2N3O4S.Mg.2H2O/c2*1-23-13-5-6-19-12(14(13)24-2)8-26(22)16-20-10-4-3-9(25-15(17)18)7-11(10)21-16;;;/h2*3-7,15H,8H2,1-2H3,(H,20,21);;2*1H2/q;;+2;;. The summed E-state index contributed by atoms with van der Waals surface area (Å²) in [6.07, 6.45) is 3.06. The van der Waals surface area contributed by atoms with E-state index in [1.54, 1.807) is 12.1 Å². The van der Waals surface area contributed by atoms with Gasteiger partial charge in [-0.05, 0) is 24.3 Å². The molecule has 55 heavy (non-hydrogen) atoms. The van der Waals surface area contributed by atoms with Gasteiger partial charge in [-0.25, -0.2) is 9.97 Å². The SMILES string of the molecule is COc1ccnc(CS(=O)c2nc3ccc(OC(F)F)cc3[nH]2)c1OC.COc1ccnc(CS(=O)c2nc3ccc(OC(F)F)cc3[nH]2)c1OC.O.O.[Mg+2]. The third-order valence-corrected chi connectivity index (χ3v) is 9.33. The maximum Gasteiger partial charge on any atom is 2.00 e. The topological polar surface area (TPSA) is 236 Å². The smallest absolute Gasteiger partial charge is 0.493 e. The molecule has 0 aliphatic rings. The Bertz CT molecular complexity index is 2060. The van der Waals surface area contributed by atoms with E-state index in [1.165, 1.54) is 77.2 Å². The first-order valence-corrected chi connectivity index (χ1v) is 17.4. The molecule has 0 saturated carbocycles. The first kappa shape index (κ1) is 46.3. The average molecular weight is 827 g/mol. The number of hydrogen-bond donors (Lipinski definition) is 2. The molecule has 16 nitrogen and oxygen atoms in total. The van der Waals surface area contributed by atoms with Crippen molar-refractivity contribution in [2.24, 2.45) is 0 Å². The number of aromatic nitrogens is 6. The summed E-state index contributed by atoms with van der Waals surface area (Å²) in [6.45, 7) is -5.84. The number of imidazole rings is 2. The number of methoxy groups -OCH3 is 4. The Labute approximate surface area is 331 Å². The van der Waals surface area contributed by atoms with Crippen LogP contribution in [0.2, 0.25) is 0 Å². The van der Waals surface area contributed by atoms with E-state index >= 15 is 0 Å². The molecule has 0 spiro atoms. The fraction of sp³-hybridized carbons (Fsp3) is 0.250. The van der Waals surface area contributed by atoms with Crippen LogP contribution < -0.4 is 28.4 Å². The Morgan fingerprint density at radius 3 is 1.33 bits per heavy atom. The largest absolute Gasteiger partial charge is 2.00 e. The van der Waals surface area contributed by atoms with Crippen molar-refractivity contribution in [3.05, 3.63) is 72.3 Å². The Morgan fingerprint density at radius 1 is 0.618 bits per heavy atom. The minimum absolute atomic E-state index is 0. The maximum absolute atomic E-state index is 12.6. The van der Waals surface area contributed by atoms with E-state index in [4.69, 9.17) is 18.9 Å². The Morgan fingerprint density at radius 2 is 1.00 bits per heavy atom. The quantitative estimate of drug-likeness (QED) is 0.118. The van der Waals surface area contributed by atoms with E-state index in [9.17, 15) is 26.0 Å². The fourth-order valence-corrected chi connectivity index (χ4v) is 6.82. The zero-order valence-electron chi connectivity index (χ0n) is 29.4. The van der Waals surface area contributed by atoms with Crippen LogP contribution in [0.25, 0.3) is 22.1 Å². The summed E-state index contributed by atoms with van der Waals surface area (Å²) < 4.78 is 104. The predicted octanol–water partition coefficient (Wildman–Crippen LogP) is 3.74. The summed E-state index contributed by atoms with van der Waals surface area (Å²) in [7, 11) is 2.81. The van der Waals surface area contributed by atoms with E-state index in [0.29, 0.717) is 56.5 Å². The van der Waals surface area contributed by atoms with Gasteiger partial charge in [-0.1, -0.05) is 0 Å². The summed E-state index contributed by atoms with van der Waals surface area (Å²) in [4.78, 5) is 22.5. The zero-order chi connectivity index (χ0) is 37.4. The van der Waals surface area contributed by atoms with E-state index in [-0.39, 0.29) is 67.3 Å². The second-order valence-corrected chi connectivity index (χ2v) is 12.9. The first-order valence-electron chi connectivity index (χ1n) is 14.8. The monoisotopic (exact) mass is 826 g/mol. The van der Waals surface area contributed by atoms with Crippen LogP contribution in [0, 0.1) is 0 Å². The van der Waals surface area contributed by atoms with Crippen LogP contribution in [0.3, 0.4) is 0 Å². The molecule has 0 amide bonds. The maximum atomic E-state index is 12.6. The molecule has 0 fully saturated rings. The van der Waals surface area contributed by atoms with E-state index in [1.807, 2.05) is 0 Å². The molecule has 4 heterocycles. The number of nitrogens with one attached hydrogen (secondary N) is 2. The van der Waals surface area contributed by atoms with Crippen LogP contribution in [0.5, 0.6) is 34.5 Å². The molecular formula is C32H34F4MgN6O10S2+2. The number of benzene rings is 2. The van der Waals surface area contributed by atoms with Crippen molar-refractivity contribution >= 4 is 66.7 Å². The summed E-state index contributed by atoms with van der Waals surface area (Å²) in [6, 6.07) is 11.8. The molecule has 6 rings (SSSR count). The summed E-state index contributed by atoms with van der Waals surface area (Å²) >= 11 is 0. The molecule has 0 saturated heterocycles. The Hall–Kier alpha value is -4.81. The molecule has 2 unspecified atom stereocenters. The van der Waals surface area contributed by atoms with Crippen molar-refractivity contribution in [3.63, 3.8) is 0 Å². The summed E-state index contributed by atoms with van der Waals surface area (Å²) in [5.74, 6) is 1.82. The van der Waals surface area contributed by atoms with E-state index in [0.717, 1.165) is 0 Å². The molecule has 6 N–H and O–H groups in total. The molecule has 4 aromatic heterocycles. The normalized spacial score (nSPS) is 11.7. The van der Waals surface area contributed by atoms with Gasteiger partial charge in [0, 0.05) is 36.7 Å².